The first-order valence-electron chi connectivity index (χ1n) is 3.79. The van der Waals surface area contributed by atoms with Crippen LogP contribution >= 0.6 is 11.8 Å². The maximum atomic E-state index is 8.62. The quantitative estimate of drug-likeness (QED) is 0.594. The van der Waals surface area contributed by atoms with E-state index in [2.05, 4.69) is 13.0 Å². The Morgan fingerprint density at radius 2 is 2.23 bits per heavy atom. The minimum atomic E-state index is 0. The zero-order valence-electron chi connectivity index (χ0n) is 7.12. The van der Waals surface area contributed by atoms with E-state index in [4.69, 9.17) is 5.26 Å². The Morgan fingerprint density at radius 3 is 2.85 bits per heavy atom. The van der Waals surface area contributed by atoms with Crippen molar-refractivity contribution in [2.24, 2.45) is 0 Å². The van der Waals surface area contributed by atoms with Gasteiger partial charge in [0.25, 0.3) is 0 Å². The van der Waals surface area contributed by atoms with Crippen molar-refractivity contribution in [3.8, 4) is 6.07 Å². The molecule has 0 aliphatic heterocycles. The minimum Gasteiger partial charge on any atom is -0.343 e. The van der Waals surface area contributed by atoms with Gasteiger partial charge in [-0.2, -0.15) is 11.7 Å². The van der Waals surface area contributed by atoms with E-state index in [0.29, 0.717) is 0 Å². The summed E-state index contributed by atoms with van der Waals surface area (Å²) in [4.78, 5) is 1.15. The van der Waals surface area contributed by atoms with Gasteiger partial charge in [0.2, 0.25) is 0 Å². The van der Waals surface area contributed by atoms with Gasteiger partial charge in [-0.1, -0.05) is 6.07 Å². The van der Waals surface area contributed by atoms with Crippen LogP contribution in [0.2, 0.25) is 0 Å². The summed E-state index contributed by atoms with van der Waals surface area (Å²) in [6.07, 6.45) is 0.918. The third-order valence-corrected chi connectivity index (χ3v) is 2.46. The first-order valence-corrected chi connectivity index (χ1v) is 4.77. The topological polar surface area (TPSA) is 23.8 Å². The molecule has 1 radical (unpaired) electrons. The van der Waals surface area contributed by atoms with Gasteiger partial charge in [0.1, 0.15) is 0 Å². The Hall–Kier alpha value is -0.434. The van der Waals surface area contributed by atoms with Crippen LogP contribution in [-0.2, 0) is 16.8 Å². The van der Waals surface area contributed by atoms with Gasteiger partial charge in [-0.3, -0.25) is 0 Å². The summed E-state index contributed by atoms with van der Waals surface area (Å²) in [6.45, 7) is 3.76. The first kappa shape index (κ1) is 12.6. The number of thioether (sulfide) groups is 1. The summed E-state index contributed by atoms with van der Waals surface area (Å²) in [5, 5.41) is 8.62. The van der Waals surface area contributed by atoms with Gasteiger partial charge in [0.05, 0.1) is 11.6 Å². The number of nitriles is 1. The van der Waals surface area contributed by atoms with E-state index >= 15 is 0 Å². The molecule has 1 aromatic carbocycles. The Bertz CT molecular complexity index is 293. The van der Waals surface area contributed by atoms with Gasteiger partial charge in [-0.25, -0.2) is 0 Å². The molecule has 0 amide bonds. The molecule has 0 aromatic heterocycles. The zero-order chi connectivity index (χ0) is 8.81. The summed E-state index contributed by atoms with van der Waals surface area (Å²) >= 11 is 1.74. The molecule has 0 saturated heterocycles. The van der Waals surface area contributed by atoms with E-state index in [1.54, 1.807) is 11.8 Å². The average Bonchev–Trinajstić information content (AvgIpc) is 2.15. The molecule has 0 N–H and O–H groups in total. The van der Waals surface area contributed by atoms with Gasteiger partial charge < -0.3 is 6.92 Å². The smallest absolute Gasteiger partial charge is 0.0992 e. The van der Waals surface area contributed by atoms with Crippen molar-refractivity contribution in [2.45, 2.75) is 11.3 Å². The van der Waals surface area contributed by atoms with E-state index < -0.39 is 0 Å². The van der Waals surface area contributed by atoms with Gasteiger partial charge >= 0.3 is 0 Å². The molecular weight excluding hydrogens is 225 g/mol. The molecule has 1 rings (SSSR count). The Balaban J connectivity index is 0.00000144. The molecule has 1 nitrogen and oxygen atoms in total. The molecule has 0 spiro atoms. The van der Waals surface area contributed by atoms with Crippen molar-refractivity contribution >= 4 is 11.8 Å². The fourth-order valence-electron chi connectivity index (χ4n) is 0.845. The van der Waals surface area contributed by atoms with Crippen molar-refractivity contribution in [3.63, 3.8) is 0 Å². The van der Waals surface area contributed by atoms with Crippen LogP contribution in [0.4, 0.5) is 0 Å². The van der Waals surface area contributed by atoms with Crippen molar-refractivity contribution in [2.75, 3.05) is 5.75 Å². The Morgan fingerprint density at radius 1 is 1.46 bits per heavy atom. The van der Waals surface area contributed by atoms with Crippen LogP contribution in [0.25, 0.3) is 0 Å². The van der Waals surface area contributed by atoms with Crippen molar-refractivity contribution in [1.29, 1.82) is 5.26 Å². The van der Waals surface area contributed by atoms with Crippen LogP contribution in [0.1, 0.15) is 12.0 Å². The maximum absolute atomic E-state index is 8.62. The Kier molecular flexibility index (Phi) is 6.78. The monoisotopic (exact) mass is 235 g/mol. The second-order valence-electron chi connectivity index (χ2n) is 2.34. The molecule has 0 atom stereocenters. The maximum Gasteiger partial charge on any atom is 0.0992 e. The van der Waals surface area contributed by atoms with Gasteiger partial charge in [-0.05, 0) is 24.0 Å². The van der Waals surface area contributed by atoms with E-state index in [1.165, 1.54) is 0 Å². The molecule has 0 heterocycles. The zero-order valence-corrected chi connectivity index (χ0v) is 8.98. The number of rotatable bonds is 3. The summed E-state index contributed by atoms with van der Waals surface area (Å²) in [5.74, 6) is 1.01. The van der Waals surface area contributed by atoms with Gasteiger partial charge in [-0.15, -0.1) is 11.8 Å². The van der Waals surface area contributed by atoms with Gasteiger partial charge in [0.15, 0.2) is 0 Å². The van der Waals surface area contributed by atoms with E-state index in [1.807, 2.05) is 24.3 Å². The summed E-state index contributed by atoms with van der Waals surface area (Å²) in [6, 6.07) is 9.75. The normalized spacial score (nSPS) is 8.62. The van der Waals surface area contributed by atoms with E-state index in [9.17, 15) is 0 Å². The van der Waals surface area contributed by atoms with Gasteiger partial charge in [0, 0.05) is 21.7 Å². The molecule has 3 heteroatoms. The molecule has 0 aliphatic rings. The molecular formula is C10H10CoNS-. The first-order chi connectivity index (χ1) is 5.86. The van der Waals surface area contributed by atoms with Crippen LogP contribution in [0.15, 0.2) is 29.2 Å². The average molecular weight is 235 g/mol. The fraction of sp³-hybridized carbons (Fsp3) is 0.200. The second kappa shape index (κ2) is 7.02. The number of hydrogen-bond acceptors (Lipinski definition) is 2. The second-order valence-corrected chi connectivity index (χ2v) is 3.51. The third kappa shape index (κ3) is 4.37. The SMILES string of the molecule is [CH2-]CCSc1cccc(C#N)c1.[Co]. The third-order valence-electron chi connectivity index (χ3n) is 1.38. The predicted octanol–water partition coefficient (Wildman–Crippen LogP) is 2.87. The summed E-state index contributed by atoms with van der Waals surface area (Å²) < 4.78 is 0. The molecule has 0 bridgehead atoms. The van der Waals surface area contributed by atoms with E-state index in [-0.39, 0.29) is 16.8 Å². The number of hydrogen-bond donors (Lipinski definition) is 0. The van der Waals surface area contributed by atoms with Crippen molar-refractivity contribution in [3.05, 3.63) is 36.8 Å². The number of benzene rings is 1. The molecule has 71 valence electrons. The minimum absolute atomic E-state index is 0. The number of nitrogens with zero attached hydrogens (tertiary/aromatic N) is 1. The largest absolute Gasteiger partial charge is 0.343 e. The van der Waals surface area contributed by atoms with Crippen molar-refractivity contribution < 1.29 is 16.8 Å². The van der Waals surface area contributed by atoms with Crippen LogP contribution in [-0.4, -0.2) is 5.75 Å². The molecule has 0 unspecified atom stereocenters. The van der Waals surface area contributed by atoms with Crippen molar-refractivity contribution in [1.82, 2.24) is 0 Å². The molecule has 13 heavy (non-hydrogen) atoms. The predicted molar refractivity (Wildman–Crippen MR) is 51.9 cm³/mol. The van der Waals surface area contributed by atoms with Crippen LogP contribution < -0.4 is 0 Å². The summed E-state index contributed by atoms with van der Waals surface area (Å²) in [7, 11) is 0. The summed E-state index contributed by atoms with van der Waals surface area (Å²) in [5.41, 5.74) is 0.726. The standard InChI is InChI=1S/C10H10NS.Co/c1-2-6-12-10-5-3-4-9(7-10)8-11;/h3-5,7H,1-2,6H2;/q-1;. The Labute approximate surface area is 93.7 Å². The van der Waals surface area contributed by atoms with Crippen LogP contribution in [0.5, 0.6) is 0 Å². The molecule has 1 aromatic rings. The van der Waals surface area contributed by atoms with Crippen LogP contribution in [0.3, 0.4) is 0 Å². The molecule has 0 saturated carbocycles. The van der Waals surface area contributed by atoms with Crippen LogP contribution in [0, 0.1) is 18.3 Å². The fourth-order valence-corrected chi connectivity index (χ4v) is 1.61. The molecule has 0 fully saturated rings. The van der Waals surface area contributed by atoms with E-state index in [0.717, 1.165) is 22.6 Å². The molecule has 0 aliphatic carbocycles.